The quantitative estimate of drug-likeness (QED) is 0.830. The summed E-state index contributed by atoms with van der Waals surface area (Å²) in [7, 11) is -1.35. The molecule has 21 heavy (non-hydrogen) atoms. The van der Waals surface area contributed by atoms with Gasteiger partial charge in [0.15, 0.2) is 0 Å². The molecule has 2 heterocycles. The SMILES string of the molecule is CCNCc1scc(C)c1S(=O)(=O)NC1CCN(C)CC1. The molecule has 0 spiro atoms. The molecule has 2 N–H and O–H groups in total. The van der Waals surface area contributed by atoms with Crippen molar-refractivity contribution in [1.29, 1.82) is 0 Å². The van der Waals surface area contributed by atoms with Gasteiger partial charge in [-0.1, -0.05) is 6.92 Å². The summed E-state index contributed by atoms with van der Waals surface area (Å²) in [6.45, 7) is 7.22. The number of piperidine rings is 1. The van der Waals surface area contributed by atoms with Crippen LogP contribution in [0.5, 0.6) is 0 Å². The van der Waals surface area contributed by atoms with Gasteiger partial charge in [0.2, 0.25) is 10.0 Å². The molecule has 0 aliphatic carbocycles. The molecule has 1 aliphatic heterocycles. The first kappa shape index (κ1) is 16.9. The largest absolute Gasteiger partial charge is 0.312 e. The standard InChI is InChI=1S/C14H25N3O2S2/c1-4-15-9-13-14(11(2)10-20-13)21(18,19)16-12-5-7-17(3)8-6-12/h10,12,15-16H,4-9H2,1-3H3. The van der Waals surface area contributed by atoms with E-state index in [1.807, 2.05) is 19.2 Å². The smallest absolute Gasteiger partial charge is 0.242 e. The Kier molecular flexibility index (Phi) is 5.79. The van der Waals surface area contributed by atoms with E-state index in [0.29, 0.717) is 11.4 Å². The number of nitrogens with one attached hydrogen (secondary N) is 2. The average Bonchev–Trinajstić information content (AvgIpc) is 2.81. The summed E-state index contributed by atoms with van der Waals surface area (Å²) in [4.78, 5) is 3.61. The zero-order valence-corrected chi connectivity index (χ0v) is 14.6. The number of nitrogens with zero attached hydrogens (tertiary/aromatic N) is 1. The molecule has 0 atom stereocenters. The summed E-state index contributed by atoms with van der Waals surface area (Å²) >= 11 is 1.52. The van der Waals surface area contributed by atoms with Crippen LogP contribution in [0.2, 0.25) is 0 Å². The minimum atomic E-state index is -3.42. The molecule has 0 unspecified atom stereocenters. The highest BCUT2D eigenvalue weighted by Crippen LogP contribution is 2.27. The summed E-state index contributed by atoms with van der Waals surface area (Å²) in [5.74, 6) is 0. The second kappa shape index (κ2) is 7.19. The van der Waals surface area contributed by atoms with Crippen molar-refractivity contribution in [2.45, 2.75) is 44.2 Å². The molecule has 1 aromatic heterocycles. The molecule has 0 bridgehead atoms. The van der Waals surface area contributed by atoms with E-state index >= 15 is 0 Å². The van der Waals surface area contributed by atoms with Gasteiger partial charge in [0.05, 0.1) is 0 Å². The van der Waals surface area contributed by atoms with Gasteiger partial charge < -0.3 is 10.2 Å². The number of sulfonamides is 1. The number of likely N-dealkylation sites (tertiary alicyclic amines) is 1. The van der Waals surface area contributed by atoms with E-state index in [4.69, 9.17) is 0 Å². The van der Waals surface area contributed by atoms with Gasteiger partial charge in [0.1, 0.15) is 4.90 Å². The van der Waals surface area contributed by atoms with Crippen LogP contribution >= 0.6 is 11.3 Å². The predicted octanol–water partition coefficient (Wildman–Crippen LogP) is 1.54. The first-order valence-electron chi connectivity index (χ1n) is 7.42. The summed E-state index contributed by atoms with van der Waals surface area (Å²) in [5.41, 5.74) is 0.841. The van der Waals surface area contributed by atoms with Gasteiger partial charge in [-0.15, -0.1) is 11.3 Å². The van der Waals surface area contributed by atoms with Gasteiger partial charge in [0, 0.05) is 17.5 Å². The molecule has 2 rings (SSSR count). The molecule has 1 saturated heterocycles. The fraction of sp³-hybridized carbons (Fsp3) is 0.714. The van der Waals surface area contributed by atoms with Crippen LogP contribution in [0.4, 0.5) is 0 Å². The minimum Gasteiger partial charge on any atom is -0.312 e. The zero-order valence-electron chi connectivity index (χ0n) is 13.0. The van der Waals surface area contributed by atoms with Gasteiger partial charge in [-0.25, -0.2) is 13.1 Å². The van der Waals surface area contributed by atoms with E-state index in [9.17, 15) is 8.42 Å². The van der Waals surface area contributed by atoms with E-state index in [2.05, 4.69) is 22.0 Å². The van der Waals surface area contributed by atoms with Crippen molar-refractivity contribution in [1.82, 2.24) is 14.9 Å². The molecule has 1 aliphatic rings. The van der Waals surface area contributed by atoms with Crippen LogP contribution in [0.3, 0.4) is 0 Å². The molecule has 7 heteroatoms. The fourth-order valence-corrected chi connectivity index (χ4v) is 5.70. The van der Waals surface area contributed by atoms with Crippen LogP contribution < -0.4 is 10.0 Å². The van der Waals surface area contributed by atoms with Gasteiger partial charge in [-0.3, -0.25) is 0 Å². The zero-order chi connectivity index (χ0) is 15.5. The van der Waals surface area contributed by atoms with Crippen molar-refractivity contribution in [3.63, 3.8) is 0 Å². The number of rotatable bonds is 6. The Morgan fingerprint density at radius 1 is 1.38 bits per heavy atom. The van der Waals surface area contributed by atoms with Crippen LogP contribution in [-0.2, 0) is 16.6 Å². The van der Waals surface area contributed by atoms with Crippen molar-refractivity contribution in [3.05, 3.63) is 15.8 Å². The van der Waals surface area contributed by atoms with E-state index in [1.54, 1.807) is 0 Å². The van der Waals surface area contributed by atoms with E-state index < -0.39 is 10.0 Å². The molecular weight excluding hydrogens is 306 g/mol. The van der Waals surface area contributed by atoms with E-state index in [0.717, 1.165) is 42.9 Å². The molecule has 0 saturated carbocycles. The highest BCUT2D eigenvalue weighted by atomic mass is 32.2. The van der Waals surface area contributed by atoms with Crippen LogP contribution in [0.15, 0.2) is 10.3 Å². The third-order valence-electron chi connectivity index (χ3n) is 3.83. The lowest BCUT2D eigenvalue weighted by molar-refractivity contribution is 0.248. The summed E-state index contributed by atoms with van der Waals surface area (Å²) in [6.07, 6.45) is 1.75. The van der Waals surface area contributed by atoms with E-state index in [1.165, 1.54) is 11.3 Å². The predicted molar refractivity (Wildman–Crippen MR) is 87.3 cm³/mol. The Labute approximate surface area is 131 Å². The van der Waals surface area contributed by atoms with Crippen LogP contribution in [0.1, 0.15) is 30.2 Å². The first-order valence-corrected chi connectivity index (χ1v) is 9.79. The third-order valence-corrected chi connectivity index (χ3v) is 6.82. The summed E-state index contributed by atoms with van der Waals surface area (Å²) < 4.78 is 28.3. The Morgan fingerprint density at radius 2 is 2.05 bits per heavy atom. The maximum absolute atomic E-state index is 12.7. The second-order valence-corrected chi connectivity index (χ2v) is 8.27. The fourth-order valence-electron chi connectivity index (χ4n) is 2.61. The maximum atomic E-state index is 12.7. The van der Waals surface area contributed by atoms with Crippen LogP contribution in [0.25, 0.3) is 0 Å². The Morgan fingerprint density at radius 3 is 2.67 bits per heavy atom. The molecule has 1 fully saturated rings. The second-order valence-electron chi connectivity index (χ2n) is 5.65. The maximum Gasteiger partial charge on any atom is 0.242 e. The van der Waals surface area contributed by atoms with Crippen molar-refractivity contribution >= 4 is 21.4 Å². The van der Waals surface area contributed by atoms with Crippen LogP contribution in [-0.4, -0.2) is 46.0 Å². The Hall–Kier alpha value is -0.470. The minimum absolute atomic E-state index is 0.0532. The molecule has 0 amide bonds. The van der Waals surface area contributed by atoms with Gasteiger partial charge in [-0.2, -0.15) is 0 Å². The lowest BCUT2D eigenvalue weighted by Gasteiger charge is -2.29. The van der Waals surface area contributed by atoms with Gasteiger partial charge >= 0.3 is 0 Å². The van der Waals surface area contributed by atoms with Crippen molar-refractivity contribution in [2.24, 2.45) is 0 Å². The summed E-state index contributed by atoms with van der Waals surface area (Å²) in [5, 5.41) is 5.14. The number of aryl methyl sites for hydroxylation is 1. The Bertz CT molecular complexity index is 561. The van der Waals surface area contributed by atoms with Crippen molar-refractivity contribution in [3.8, 4) is 0 Å². The monoisotopic (exact) mass is 331 g/mol. The molecule has 0 radical (unpaired) electrons. The lowest BCUT2D eigenvalue weighted by atomic mass is 10.1. The highest BCUT2D eigenvalue weighted by molar-refractivity contribution is 7.89. The summed E-state index contributed by atoms with van der Waals surface area (Å²) in [6, 6.07) is 0.0532. The first-order chi connectivity index (χ1) is 9.94. The Balaban J connectivity index is 2.13. The molecular formula is C14H25N3O2S2. The molecule has 0 aromatic carbocycles. The third kappa shape index (κ3) is 4.26. The van der Waals surface area contributed by atoms with Gasteiger partial charge in [0.25, 0.3) is 0 Å². The molecule has 1 aromatic rings. The highest BCUT2D eigenvalue weighted by Gasteiger charge is 2.27. The normalized spacial score (nSPS) is 18.2. The van der Waals surface area contributed by atoms with Crippen LogP contribution in [0, 0.1) is 6.92 Å². The van der Waals surface area contributed by atoms with Gasteiger partial charge in [-0.05, 0) is 57.4 Å². The average molecular weight is 332 g/mol. The van der Waals surface area contributed by atoms with Crippen molar-refractivity contribution < 1.29 is 8.42 Å². The number of thiophene rings is 1. The molecule has 5 nitrogen and oxygen atoms in total. The van der Waals surface area contributed by atoms with E-state index in [-0.39, 0.29) is 6.04 Å². The molecule has 120 valence electrons. The van der Waals surface area contributed by atoms with Crippen molar-refractivity contribution in [2.75, 3.05) is 26.7 Å². The number of hydrogen-bond acceptors (Lipinski definition) is 5. The topological polar surface area (TPSA) is 61.4 Å². The lowest BCUT2D eigenvalue weighted by Crippen LogP contribution is -2.43. The number of hydrogen-bond donors (Lipinski definition) is 2.